The Kier molecular flexibility index (Phi) is 5.00. The van der Waals surface area contributed by atoms with Gasteiger partial charge in [-0.25, -0.2) is 0 Å². The second kappa shape index (κ2) is 7.16. The molecule has 23 heavy (non-hydrogen) atoms. The Morgan fingerprint density at radius 3 is 3.04 bits per heavy atom. The fourth-order valence-corrected chi connectivity index (χ4v) is 3.19. The summed E-state index contributed by atoms with van der Waals surface area (Å²) in [5.41, 5.74) is 1.65. The van der Waals surface area contributed by atoms with Crippen molar-refractivity contribution in [2.24, 2.45) is 0 Å². The van der Waals surface area contributed by atoms with Gasteiger partial charge in [0.15, 0.2) is 0 Å². The minimum atomic E-state index is -0.156. The highest BCUT2D eigenvalue weighted by Crippen LogP contribution is 2.26. The monoisotopic (exact) mass is 365 g/mol. The van der Waals surface area contributed by atoms with Gasteiger partial charge in [0, 0.05) is 10.7 Å². The molecule has 0 saturated carbocycles. The molecule has 0 aliphatic rings. The molecule has 0 aliphatic carbocycles. The Bertz CT molecular complexity index is 818. The van der Waals surface area contributed by atoms with Crippen molar-refractivity contribution in [2.75, 3.05) is 11.1 Å². The van der Waals surface area contributed by atoms with Crippen molar-refractivity contribution in [3.05, 3.63) is 46.3 Å². The molecule has 0 atom stereocenters. The van der Waals surface area contributed by atoms with Gasteiger partial charge in [0.25, 0.3) is 11.1 Å². The van der Waals surface area contributed by atoms with Crippen molar-refractivity contribution in [3.63, 3.8) is 0 Å². The van der Waals surface area contributed by atoms with Crippen molar-refractivity contribution >= 4 is 46.3 Å². The number of nitrogens with zero attached hydrogens (tertiary/aromatic N) is 2. The van der Waals surface area contributed by atoms with Gasteiger partial charge < -0.3 is 9.73 Å². The summed E-state index contributed by atoms with van der Waals surface area (Å²) in [5, 5.41) is 13.6. The Morgan fingerprint density at radius 2 is 2.26 bits per heavy atom. The summed E-state index contributed by atoms with van der Waals surface area (Å²) >= 11 is 8.65. The van der Waals surface area contributed by atoms with Crippen LogP contribution in [-0.2, 0) is 4.79 Å². The van der Waals surface area contributed by atoms with Crippen LogP contribution in [0.1, 0.15) is 5.56 Å². The largest absolute Gasteiger partial charge is 0.410 e. The van der Waals surface area contributed by atoms with Crippen LogP contribution < -0.4 is 5.32 Å². The number of carbonyl (C=O) groups is 1. The number of aryl methyl sites for hydroxylation is 1. The van der Waals surface area contributed by atoms with E-state index in [-0.39, 0.29) is 11.7 Å². The molecular formula is C15H12ClN3O2S2. The lowest BCUT2D eigenvalue weighted by Crippen LogP contribution is -2.14. The second-order valence-corrected chi connectivity index (χ2v) is 6.96. The number of thioether (sulfide) groups is 1. The Labute approximate surface area is 146 Å². The minimum Gasteiger partial charge on any atom is -0.410 e. The molecule has 3 aromatic rings. The van der Waals surface area contributed by atoms with Crippen LogP contribution in [0.15, 0.2) is 45.4 Å². The topological polar surface area (TPSA) is 68.0 Å². The number of benzene rings is 1. The molecule has 0 aliphatic heterocycles. The SMILES string of the molecule is Cc1ccc(Cl)cc1NC(=O)CSc1nnc(-c2cccs2)o1. The van der Waals surface area contributed by atoms with Crippen LogP contribution in [0.4, 0.5) is 5.69 Å². The van der Waals surface area contributed by atoms with Gasteiger partial charge in [0.1, 0.15) is 0 Å². The van der Waals surface area contributed by atoms with Crippen LogP contribution in [0.25, 0.3) is 10.8 Å². The van der Waals surface area contributed by atoms with Gasteiger partial charge in [0.2, 0.25) is 5.91 Å². The average molecular weight is 366 g/mol. The normalized spacial score (nSPS) is 10.7. The summed E-state index contributed by atoms with van der Waals surface area (Å²) in [5.74, 6) is 0.489. The zero-order valence-electron chi connectivity index (χ0n) is 12.1. The van der Waals surface area contributed by atoms with Crippen LogP contribution in [0, 0.1) is 6.92 Å². The van der Waals surface area contributed by atoms with Crippen molar-refractivity contribution in [2.45, 2.75) is 12.1 Å². The van der Waals surface area contributed by atoms with Gasteiger partial charge in [-0.3, -0.25) is 4.79 Å². The predicted molar refractivity (Wildman–Crippen MR) is 93.2 cm³/mol. The maximum absolute atomic E-state index is 12.0. The van der Waals surface area contributed by atoms with E-state index in [4.69, 9.17) is 16.0 Å². The van der Waals surface area contributed by atoms with Gasteiger partial charge >= 0.3 is 0 Å². The van der Waals surface area contributed by atoms with E-state index < -0.39 is 0 Å². The molecule has 0 spiro atoms. The van der Waals surface area contributed by atoms with Crippen LogP contribution >= 0.6 is 34.7 Å². The molecule has 5 nitrogen and oxygen atoms in total. The molecule has 1 aromatic carbocycles. The Balaban J connectivity index is 1.58. The fraction of sp³-hybridized carbons (Fsp3) is 0.133. The molecule has 1 N–H and O–H groups in total. The number of halogens is 1. The van der Waals surface area contributed by atoms with Crippen molar-refractivity contribution in [1.82, 2.24) is 10.2 Å². The lowest BCUT2D eigenvalue weighted by atomic mass is 10.2. The Hall–Kier alpha value is -1.83. The van der Waals surface area contributed by atoms with Crippen molar-refractivity contribution in [1.29, 1.82) is 0 Å². The number of rotatable bonds is 5. The summed E-state index contributed by atoms with van der Waals surface area (Å²) in [6.45, 7) is 1.91. The highest BCUT2D eigenvalue weighted by Gasteiger charge is 2.12. The summed E-state index contributed by atoms with van der Waals surface area (Å²) in [7, 11) is 0. The first-order valence-electron chi connectivity index (χ1n) is 6.68. The summed E-state index contributed by atoms with van der Waals surface area (Å²) in [4.78, 5) is 12.9. The number of nitrogens with one attached hydrogen (secondary N) is 1. The number of anilines is 1. The highest BCUT2D eigenvalue weighted by atomic mass is 35.5. The van der Waals surface area contributed by atoms with E-state index in [9.17, 15) is 4.79 Å². The first kappa shape index (κ1) is 16.0. The molecule has 2 heterocycles. The van der Waals surface area contributed by atoms with E-state index in [0.717, 1.165) is 10.4 Å². The molecule has 0 fully saturated rings. The summed E-state index contributed by atoms with van der Waals surface area (Å²) in [6, 6.07) is 9.18. The van der Waals surface area contributed by atoms with Gasteiger partial charge in [-0.15, -0.1) is 21.5 Å². The van der Waals surface area contributed by atoms with Crippen LogP contribution in [0.2, 0.25) is 5.02 Å². The molecule has 1 amide bonds. The van der Waals surface area contributed by atoms with Gasteiger partial charge in [-0.1, -0.05) is 35.5 Å². The third-order valence-electron chi connectivity index (χ3n) is 2.94. The molecule has 0 radical (unpaired) electrons. The molecule has 3 rings (SSSR count). The zero-order valence-corrected chi connectivity index (χ0v) is 14.5. The highest BCUT2D eigenvalue weighted by molar-refractivity contribution is 7.99. The number of hydrogen-bond donors (Lipinski definition) is 1. The molecule has 118 valence electrons. The number of aromatic nitrogens is 2. The maximum Gasteiger partial charge on any atom is 0.277 e. The molecule has 0 bridgehead atoms. The average Bonchev–Trinajstić information content (AvgIpc) is 3.19. The molecule has 8 heteroatoms. The molecule has 0 unspecified atom stereocenters. The predicted octanol–water partition coefficient (Wildman–Crippen LogP) is 4.49. The first-order valence-corrected chi connectivity index (χ1v) is 8.92. The summed E-state index contributed by atoms with van der Waals surface area (Å²) < 4.78 is 5.52. The lowest BCUT2D eigenvalue weighted by Gasteiger charge is -2.07. The van der Waals surface area contributed by atoms with Crippen LogP contribution in [0.5, 0.6) is 0 Å². The summed E-state index contributed by atoms with van der Waals surface area (Å²) in [6.07, 6.45) is 0. The first-order chi connectivity index (χ1) is 11.1. The standard InChI is InChI=1S/C15H12ClN3O2S2/c1-9-4-5-10(16)7-11(9)17-13(20)8-23-15-19-18-14(21-15)12-3-2-6-22-12/h2-7H,8H2,1H3,(H,17,20). The minimum absolute atomic E-state index is 0.156. The fourth-order valence-electron chi connectivity index (χ4n) is 1.81. The quantitative estimate of drug-likeness (QED) is 0.674. The third-order valence-corrected chi connectivity index (χ3v) is 4.85. The number of hydrogen-bond acceptors (Lipinski definition) is 6. The molecule has 2 aromatic heterocycles. The van der Waals surface area contributed by atoms with Crippen molar-refractivity contribution < 1.29 is 9.21 Å². The smallest absolute Gasteiger partial charge is 0.277 e. The van der Waals surface area contributed by atoms with Gasteiger partial charge in [-0.2, -0.15) is 0 Å². The van der Waals surface area contributed by atoms with E-state index in [2.05, 4.69) is 15.5 Å². The number of thiophene rings is 1. The van der Waals surface area contributed by atoms with Gasteiger partial charge in [-0.05, 0) is 36.1 Å². The maximum atomic E-state index is 12.0. The number of amides is 1. The second-order valence-electron chi connectivity index (χ2n) is 4.65. The van der Waals surface area contributed by atoms with E-state index >= 15 is 0 Å². The van der Waals surface area contributed by atoms with E-state index in [0.29, 0.717) is 21.8 Å². The lowest BCUT2D eigenvalue weighted by molar-refractivity contribution is -0.113. The third kappa shape index (κ3) is 4.13. The zero-order chi connectivity index (χ0) is 16.2. The molecule has 0 saturated heterocycles. The Morgan fingerprint density at radius 1 is 1.39 bits per heavy atom. The van der Waals surface area contributed by atoms with Crippen molar-refractivity contribution in [3.8, 4) is 10.8 Å². The van der Waals surface area contributed by atoms with Gasteiger partial charge in [0.05, 0.1) is 10.6 Å². The van der Waals surface area contributed by atoms with E-state index in [1.165, 1.54) is 23.1 Å². The van der Waals surface area contributed by atoms with E-state index in [1.807, 2.05) is 30.5 Å². The van der Waals surface area contributed by atoms with Crippen LogP contribution in [0.3, 0.4) is 0 Å². The van der Waals surface area contributed by atoms with Crippen LogP contribution in [-0.4, -0.2) is 21.9 Å². The number of carbonyl (C=O) groups excluding carboxylic acids is 1. The van der Waals surface area contributed by atoms with E-state index in [1.54, 1.807) is 12.1 Å². The molecular weight excluding hydrogens is 354 g/mol.